The summed E-state index contributed by atoms with van der Waals surface area (Å²) in [7, 11) is 3.48. The Morgan fingerprint density at radius 3 is 2.56 bits per heavy atom. The molecule has 2 atom stereocenters. The predicted octanol–water partition coefficient (Wildman–Crippen LogP) is 6.28. The van der Waals surface area contributed by atoms with Gasteiger partial charge in [0.15, 0.2) is 0 Å². The number of methoxy groups -OCH3 is 2. The first-order valence-corrected chi connectivity index (χ1v) is 9.52. The van der Waals surface area contributed by atoms with E-state index in [1.54, 1.807) is 25.4 Å². The van der Waals surface area contributed by atoms with Crippen molar-refractivity contribution in [3.8, 4) is 11.5 Å². The van der Waals surface area contributed by atoms with E-state index in [1.807, 2.05) is 12.1 Å². The monoisotopic (exact) mass is 340 g/mol. The Kier molecular flexibility index (Phi) is 4.99. The molecule has 1 aromatic rings. The largest absolute Gasteiger partial charge is 0.497 e. The van der Waals surface area contributed by atoms with Crippen molar-refractivity contribution < 1.29 is 9.47 Å². The molecule has 2 heteroatoms. The third kappa shape index (κ3) is 3.23. The predicted molar refractivity (Wildman–Crippen MR) is 104 cm³/mol. The van der Waals surface area contributed by atoms with Crippen molar-refractivity contribution in [3.05, 3.63) is 47.1 Å². The Morgan fingerprint density at radius 2 is 1.88 bits per heavy atom. The number of hydrogen-bond acceptors (Lipinski definition) is 2. The molecular weight excluding hydrogens is 308 g/mol. The minimum absolute atomic E-state index is 0.247. The maximum Gasteiger partial charge on any atom is 0.123 e. The van der Waals surface area contributed by atoms with Gasteiger partial charge in [0.2, 0.25) is 0 Å². The van der Waals surface area contributed by atoms with Crippen LogP contribution in [0.1, 0.15) is 64.4 Å². The van der Waals surface area contributed by atoms with Crippen LogP contribution in [0.5, 0.6) is 11.5 Å². The highest BCUT2D eigenvalue weighted by atomic mass is 16.5. The highest BCUT2D eigenvalue weighted by molar-refractivity contribution is 5.52. The molecular formula is C23H32O2. The van der Waals surface area contributed by atoms with Crippen LogP contribution in [-0.4, -0.2) is 14.2 Å². The standard InChI is InChI=1S/C23H32O2/c1-15-9-11-20-18(8-7-13-23(20,3)4)22(16(15)2)19-14-17(24-5)10-12-21(19)25-6/h10,12,14-15,22H,2,7-9,11,13H2,1,3-6H3/t15-,22-/m0/s1. The Labute approximate surface area is 152 Å². The van der Waals surface area contributed by atoms with Gasteiger partial charge in [0, 0.05) is 11.5 Å². The van der Waals surface area contributed by atoms with Crippen LogP contribution >= 0.6 is 0 Å². The van der Waals surface area contributed by atoms with Gasteiger partial charge in [-0.05, 0) is 61.6 Å². The third-order valence-corrected chi connectivity index (χ3v) is 6.38. The number of ether oxygens (including phenoxy) is 2. The van der Waals surface area contributed by atoms with Crippen LogP contribution in [0, 0.1) is 11.3 Å². The zero-order chi connectivity index (χ0) is 18.2. The summed E-state index contributed by atoms with van der Waals surface area (Å²) < 4.78 is 11.2. The summed E-state index contributed by atoms with van der Waals surface area (Å²) in [6, 6.07) is 6.16. The average molecular weight is 341 g/mol. The van der Waals surface area contributed by atoms with Crippen LogP contribution < -0.4 is 9.47 Å². The van der Waals surface area contributed by atoms with Gasteiger partial charge >= 0.3 is 0 Å². The first-order valence-electron chi connectivity index (χ1n) is 9.52. The second-order valence-electron chi connectivity index (χ2n) is 8.30. The molecule has 2 nitrogen and oxygen atoms in total. The lowest BCUT2D eigenvalue weighted by atomic mass is 9.67. The van der Waals surface area contributed by atoms with Crippen molar-refractivity contribution in [2.45, 2.75) is 58.8 Å². The fourth-order valence-electron chi connectivity index (χ4n) is 4.78. The molecule has 0 saturated heterocycles. The van der Waals surface area contributed by atoms with Crippen LogP contribution in [0.15, 0.2) is 41.5 Å². The second-order valence-corrected chi connectivity index (χ2v) is 8.30. The molecule has 136 valence electrons. The molecule has 0 heterocycles. The summed E-state index contributed by atoms with van der Waals surface area (Å²) in [6.45, 7) is 11.7. The molecule has 0 unspecified atom stereocenters. The van der Waals surface area contributed by atoms with E-state index in [4.69, 9.17) is 9.47 Å². The van der Waals surface area contributed by atoms with E-state index < -0.39 is 0 Å². The maximum atomic E-state index is 5.73. The second kappa shape index (κ2) is 6.90. The van der Waals surface area contributed by atoms with Crippen molar-refractivity contribution in [1.82, 2.24) is 0 Å². The molecule has 0 bridgehead atoms. The van der Waals surface area contributed by atoms with Gasteiger partial charge in [-0.3, -0.25) is 0 Å². The van der Waals surface area contributed by atoms with Crippen LogP contribution in [-0.2, 0) is 0 Å². The summed E-state index contributed by atoms with van der Waals surface area (Å²) in [5, 5.41) is 0. The number of rotatable bonds is 3. The van der Waals surface area contributed by atoms with Gasteiger partial charge in [0.05, 0.1) is 14.2 Å². The van der Waals surface area contributed by atoms with E-state index in [9.17, 15) is 0 Å². The molecule has 2 aliphatic rings. The Balaban J connectivity index is 2.21. The van der Waals surface area contributed by atoms with E-state index in [-0.39, 0.29) is 5.92 Å². The molecule has 0 spiro atoms. The van der Waals surface area contributed by atoms with Crippen molar-refractivity contribution >= 4 is 0 Å². The zero-order valence-corrected chi connectivity index (χ0v) is 16.4. The van der Waals surface area contributed by atoms with Gasteiger partial charge in [-0.15, -0.1) is 0 Å². The van der Waals surface area contributed by atoms with Gasteiger partial charge in [-0.2, -0.15) is 0 Å². The smallest absolute Gasteiger partial charge is 0.123 e. The highest BCUT2D eigenvalue weighted by Gasteiger charge is 2.38. The lowest BCUT2D eigenvalue weighted by Crippen LogP contribution is -2.23. The quantitative estimate of drug-likeness (QED) is 0.603. The van der Waals surface area contributed by atoms with Crippen LogP contribution in [0.4, 0.5) is 0 Å². The van der Waals surface area contributed by atoms with Crippen molar-refractivity contribution in [3.63, 3.8) is 0 Å². The molecule has 0 radical (unpaired) electrons. The van der Waals surface area contributed by atoms with E-state index in [0.717, 1.165) is 11.5 Å². The lowest BCUT2D eigenvalue weighted by Gasteiger charge is -2.38. The summed E-state index contributed by atoms with van der Waals surface area (Å²) >= 11 is 0. The minimum atomic E-state index is 0.247. The third-order valence-electron chi connectivity index (χ3n) is 6.38. The first-order chi connectivity index (χ1) is 11.9. The molecule has 0 saturated carbocycles. The minimum Gasteiger partial charge on any atom is -0.497 e. The van der Waals surface area contributed by atoms with Gasteiger partial charge < -0.3 is 9.47 Å². The highest BCUT2D eigenvalue weighted by Crippen LogP contribution is 2.53. The van der Waals surface area contributed by atoms with Gasteiger partial charge in [-0.1, -0.05) is 44.1 Å². The van der Waals surface area contributed by atoms with Crippen molar-refractivity contribution in [1.29, 1.82) is 0 Å². The molecule has 3 rings (SSSR count). The van der Waals surface area contributed by atoms with Gasteiger partial charge in [0.1, 0.15) is 11.5 Å². The number of benzene rings is 1. The Hall–Kier alpha value is -1.70. The maximum absolute atomic E-state index is 5.73. The van der Waals surface area contributed by atoms with Crippen molar-refractivity contribution in [2.75, 3.05) is 14.2 Å². The molecule has 2 aliphatic carbocycles. The van der Waals surface area contributed by atoms with E-state index in [2.05, 4.69) is 33.4 Å². The summed E-state index contributed by atoms with van der Waals surface area (Å²) in [4.78, 5) is 0. The average Bonchev–Trinajstić information content (AvgIpc) is 2.72. The number of allylic oxidation sites excluding steroid dienone is 3. The molecule has 0 aliphatic heterocycles. The van der Waals surface area contributed by atoms with Crippen LogP contribution in [0.25, 0.3) is 0 Å². The number of hydrogen-bond donors (Lipinski definition) is 0. The van der Waals surface area contributed by atoms with Crippen LogP contribution in [0.3, 0.4) is 0 Å². The SMILES string of the molecule is C=C1[C@H](c2cc(OC)ccc2OC)C2=C(CC[C@@H]1C)C(C)(C)CCC2. The van der Waals surface area contributed by atoms with E-state index >= 15 is 0 Å². The summed E-state index contributed by atoms with van der Waals surface area (Å²) in [5.41, 5.74) is 6.10. The van der Waals surface area contributed by atoms with E-state index in [1.165, 1.54) is 43.2 Å². The topological polar surface area (TPSA) is 18.5 Å². The molecule has 0 aromatic heterocycles. The lowest BCUT2D eigenvalue weighted by molar-refractivity contribution is 0.348. The first kappa shape index (κ1) is 18.1. The normalized spacial score (nSPS) is 26.0. The molecule has 0 fully saturated rings. The molecule has 0 N–H and O–H groups in total. The molecule has 25 heavy (non-hydrogen) atoms. The Morgan fingerprint density at radius 1 is 1.12 bits per heavy atom. The summed E-state index contributed by atoms with van der Waals surface area (Å²) in [5.74, 6) is 2.59. The Bertz CT molecular complexity index is 696. The fraction of sp³-hybridized carbons (Fsp3) is 0.565. The van der Waals surface area contributed by atoms with Crippen LogP contribution in [0.2, 0.25) is 0 Å². The molecule has 0 amide bonds. The summed E-state index contributed by atoms with van der Waals surface area (Å²) in [6.07, 6.45) is 6.12. The van der Waals surface area contributed by atoms with Gasteiger partial charge in [0.25, 0.3) is 0 Å². The van der Waals surface area contributed by atoms with Crippen molar-refractivity contribution in [2.24, 2.45) is 11.3 Å². The van der Waals surface area contributed by atoms with E-state index in [0.29, 0.717) is 11.3 Å². The molecule has 1 aromatic carbocycles. The van der Waals surface area contributed by atoms with Gasteiger partial charge in [-0.25, -0.2) is 0 Å². The fourth-order valence-corrected chi connectivity index (χ4v) is 4.78. The zero-order valence-electron chi connectivity index (χ0n) is 16.4.